The minimum atomic E-state index is -4.35. The second kappa shape index (κ2) is 6.44. The molecule has 0 aliphatic carbocycles. The summed E-state index contributed by atoms with van der Waals surface area (Å²) in [7, 11) is 1.64. The fraction of sp³-hybridized carbons (Fsp3) is 0.278. The van der Waals surface area contributed by atoms with Crippen LogP contribution in [-0.2, 0) is 12.7 Å². The third-order valence-electron chi connectivity index (χ3n) is 3.67. The number of benzene rings is 2. The van der Waals surface area contributed by atoms with Crippen molar-refractivity contribution in [3.05, 3.63) is 70.3 Å². The maximum Gasteiger partial charge on any atom is 0.416 e. The van der Waals surface area contributed by atoms with Gasteiger partial charge in [0, 0.05) is 19.2 Å². The van der Waals surface area contributed by atoms with Crippen molar-refractivity contribution in [2.24, 2.45) is 0 Å². The molecule has 0 atom stereocenters. The quantitative estimate of drug-likeness (QED) is 0.809. The summed E-state index contributed by atoms with van der Waals surface area (Å²) in [6.07, 6.45) is -4.35. The zero-order valence-corrected chi connectivity index (χ0v) is 13.2. The standard InChI is InChI=1S/C18H18F3NO/c1-12-4-5-13(2)16(10-12)17(23)22(3)11-14-6-8-15(9-7-14)18(19,20)21/h4-10H,11H2,1-3H3. The monoisotopic (exact) mass is 321 g/mol. The summed E-state index contributed by atoms with van der Waals surface area (Å²) in [6.45, 7) is 4.02. The number of rotatable bonds is 3. The maximum absolute atomic E-state index is 12.5. The lowest BCUT2D eigenvalue weighted by Gasteiger charge is -2.19. The molecule has 122 valence electrons. The highest BCUT2D eigenvalue weighted by molar-refractivity contribution is 5.95. The molecule has 0 fully saturated rings. The molecule has 2 rings (SSSR count). The highest BCUT2D eigenvalue weighted by Gasteiger charge is 2.30. The molecule has 2 aromatic rings. The highest BCUT2D eigenvalue weighted by Crippen LogP contribution is 2.29. The lowest BCUT2D eigenvalue weighted by molar-refractivity contribution is -0.137. The minimum Gasteiger partial charge on any atom is -0.337 e. The minimum absolute atomic E-state index is 0.147. The van der Waals surface area contributed by atoms with Crippen molar-refractivity contribution in [2.75, 3.05) is 7.05 Å². The van der Waals surface area contributed by atoms with Crippen molar-refractivity contribution in [2.45, 2.75) is 26.6 Å². The number of alkyl halides is 3. The van der Waals surface area contributed by atoms with E-state index in [-0.39, 0.29) is 12.5 Å². The molecule has 0 unspecified atom stereocenters. The Kier molecular flexibility index (Phi) is 4.78. The Morgan fingerprint density at radius 1 is 1.04 bits per heavy atom. The van der Waals surface area contributed by atoms with Gasteiger partial charge < -0.3 is 4.90 Å². The summed E-state index contributed by atoms with van der Waals surface area (Å²) in [5, 5.41) is 0. The number of halogens is 3. The molecule has 0 aliphatic heterocycles. The van der Waals surface area contributed by atoms with Crippen molar-refractivity contribution in [3.8, 4) is 0 Å². The summed E-state index contributed by atoms with van der Waals surface area (Å²) >= 11 is 0. The van der Waals surface area contributed by atoms with Gasteiger partial charge in [-0.1, -0.05) is 29.8 Å². The number of amides is 1. The van der Waals surface area contributed by atoms with E-state index in [4.69, 9.17) is 0 Å². The molecular weight excluding hydrogens is 303 g/mol. The van der Waals surface area contributed by atoms with E-state index in [0.717, 1.165) is 23.3 Å². The molecule has 0 bridgehead atoms. The van der Waals surface area contributed by atoms with Crippen molar-refractivity contribution in [1.29, 1.82) is 0 Å². The Labute approximate surface area is 133 Å². The van der Waals surface area contributed by atoms with Crippen LogP contribution in [0.1, 0.15) is 32.6 Å². The van der Waals surface area contributed by atoms with Gasteiger partial charge in [-0.25, -0.2) is 0 Å². The van der Waals surface area contributed by atoms with E-state index in [1.54, 1.807) is 7.05 Å². The van der Waals surface area contributed by atoms with Gasteiger partial charge in [-0.3, -0.25) is 4.79 Å². The Balaban J connectivity index is 2.13. The zero-order valence-electron chi connectivity index (χ0n) is 13.2. The van der Waals surface area contributed by atoms with E-state index >= 15 is 0 Å². The Morgan fingerprint density at radius 2 is 1.65 bits per heavy atom. The van der Waals surface area contributed by atoms with Crippen LogP contribution in [0.5, 0.6) is 0 Å². The van der Waals surface area contributed by atoms with Gasteiger partial charge in [-0.05, 0) is 43.2 Å². The van der Waals surface area contributed by atoms with E-state index in [1.165, 1.54) is 17.0 Å². The molecule has 23 heavy (non-hydrogen) atoms. The van der Waals surface area contributed by atoms with Crippen LogP contribution in [0.15, 0.2) is 42.5 Å². The van der Waals surface area contributed by atoms with Crippen LogP contribution in [0, 0.1) is 13.8 Å². The normalized spacial score (nSPS) is 11.4. The smallest absolute Gasteiger partial charge is 0.337 e. The van der Waals surface area contributed by atoms with Gasteiger partial charge in [0.15, 0.2) is 0 Å². The lowest BCUT2D eigenvalue weighted by atomic mass is 10.0. The average Bonchev–Trinajstić information content (AvgIpc) is 2.48. The molecule has 2 aromatic carbocycles. The highest BCUT2D eigenvalue weighted by atomic mass is 19.4. The first-order valence-electron chi connectivity index (χ1n) is 7.17. The lowest BCUT2D eigenvalue weighted by Crippen LogP contribution is -2.27. The van der Waals surface area contributed by atoms with E-state index in [0.29, 0.717) is 11.1 Å². The van der Waals surface area contributed by atoms with E-state index in [9.17, 15) is 18.0 Å². The number of nitrogens with zero attached hydrogens (tertiary/aromatic N) is 1. The third-order valence-corrected chi connectivity index (χ3v) is 3.67. The molecule has 1 amide bonds. The summed E-state index contributed by atoms with van der Waals surface area (Å²) in [6, 6.07) is 10.5. The van der Waals surface area contributed by atoms with Crippen molar-refractivity contribution >= 4 is 5.91 Å². The van der Waals surface area contributed by atoms with Crippen LogP contribution >= 0.6 is 0 Å². The molecule has 5 heteroatoms. The molecule has 0 radical (unpaired) electrons. The topological polar surface area (TPSA) is 20.3 Å². The second-order valence-corrected chi connectivity index (χ2v) is 5.67. The molecule has 0 saturated heterocycles. The number of hydrogen-bond donors (Lipinski definition) is 0. The Hall–Kier alpha value is -2.30. The molecular formula is C18H18F3NO. The summed E-state index contributed by atoms with van der Waals surface area (Å²) < 4.78 is 37.6. The van der Waals surface area contributed by atoms with E-state index in [1.807, 2.05) is 32.0 Å². The van der Waals surface area contributed by atoms with Gasteiger partial charge >= 0.3 is 6.18 Å². The fourth-order valence-electron chi connectivity index (χ4n) is 2.32. The number of carbonyl (C=O) groups excluding carboxylic acids is 1. The van der Waals surface area contributed by atoms with Crippen molar-refractivity contribution in [1.82, 2.24) is 4.90 Å². The molecule has 0 aromatic heterocycles. The first kappa shape index (κ1) is 17.1. The predicted molar refractivity (Wildman–Crippen MR) is 83.2 cm³/mol. The third kappa shape index (κ3) is 4.12. The average molecular weight is 321 g/mol. The van der Waals surface area contributed by atoms with E-state index < -0.39 is 11.7 Å². The predicted octanol–water partition coefficient (Wildman–Crippen LogP) is 4.59. The van der Waals surface area contributed by atoms with Gasteiger partial charge in [0.2, 0.25) is 0 Å². The maximum atomic E-state index is 12.5. The molecule has 0 spiro atoms. The van der Waals surface area contributed by atoms with Crippen LogP contribution in [0.25, 0.3) is 0 Å². The summed E-state index contributed by atoms with van der Waals surface area (Å²) in [5.41, 5.74) is 2.44. The van der Waals surface area contributed by atoms with Crippen LogP contribution < -0.4 is 0 Å². The van der Waals surface area contributed by atoms with Crippen LogP contribution in [0.3, 0.4) is 0 Å². The van der Waals surface area contributed by atoms with Gasteiger partial charge in [0.1, 0.15) is 0 Å². The Bertz CT molecular complexity index is 705. The molecule has 2 nitrogen and oxygen atoms in total. The molecule has 0 N–H and O–H groups in total. The summed E-state index contributed by atoms with van der Waals surface area (Å²) in [5.74, 6) is -0.147. The van der Waals surface area contributed by atoms with Crippen LogP contribution in [-0.4, -0.2) is 17.9 Å². The number of aryl methyl sites for hydroxylation is 2. The summed E-state index contributed by atoms with van der Waals surface area (Å²) in [4.78, 5) is 14.0. The number of carbonyl (C=O) groups is 1. The van der Waals surface area contributed by atoms with Gasteiger partial charge in [-0.15, -0.1) is 0 Å². The largest absolute Gasteiger partial charge is 0.416 e. The van der Waals surface area contributed by atoms with Gasteiger partial charge in [0.05, 0.1) is 5.56 Å². The second-order valence-electron chi connectivity index (χ2n) is 5.67. The van der Waals surface area contributed by atoms with Crippen molar-refractivity contribution in [3.63, 3.8) is 0 Å². The number of hydrogen-bond acceptors (Lipinski definition) is 1. The van der Waals surface area contributed by atoms with Gasteiger partial charge in [-0.2, -0.15) is 13.2 Å². The fourth-order valence-corrected chi connectivity index (χ4v) is 2.32. The van der Waals surface area contributed by atoms with E-state index in [2.05, 4.69) is 0 Å². The van der Waals surface area contributed by atoms with Gasteiger partial charge in [0.25, 0.3) is 5.91 Å². The van der Waals surface area contributed by atoms with Crippen LogP contribution in [0.2, 0.25) is 0 Å². The first-order valence-corrected chi connectivity index (χ1v) is 7.17. The van der Waals surface area contributed by atoms with Crippen molar-refractivity contribution < 1.29 is 18.0 Å². The molecule has 0 saturated carbocycles. The molecule has 0 aliphatic rings. The first-order chi connectivity index (χ1) is 10.7. The van der Waals surface area contributed by atoms with Crippen LogP contribution in [0.4, 0.5) is 13.2 Å². The Morgan fingerprint density at radius 3 is 2.22 bits per heavy atom. The SMILES string of the molecule is Cc1ccc(C)c(C(=O)N(C)Cc2ccc(C(F)(F)F)cc2)c1. The molecule has 0 heterocycles. The zero-order chi connectivity index (χ0) is 17.2.